The Morgan fingerprint density at radius 2 is 1.67 bits per heavy atom. The third-order valence-electron chi connectivity index (χ3n) is 6.68. The minimum Gasteiger partial charge on any atom is -0.324 e. The first kappa shape index (κ1) is 19.4. The Balaban J connectivity index is 1.28. The van der Waals surface area contributed by atoms with Crippen molar-refractivity contribution in [1.82, 2.24) is 9.21 Å². The van der Waals surface area contributed by atoms with Gasteiger partial charge in [-0.05, 0) is 49.3 Å². The van der Waals surface area contributed by atoms with Gasteiger partial charge in [0.2, 0.25) is 27.7 Å². The van der Waals surface area contributed by atoms with E-state index >= 15 is 0 Å². The van der Waals surface area contributed by atoms with Crippen LogP contribution in [0, 0.1) is 23.7 Å². The molecule has 1 saturated carbocycles. The van der Waals surface area contributed by atoms with Gasteiger partial charge in [-0.1, -0.05) is 18.2 Å². The number of amides is 3. The molecular formula is C21H23N3O5S. The monoisotopic (exact) mass is 429 g/mol. The van der Waals surface area contributed by atoms with E-state index < -0.39 is 15.9 Å². The Bertz CT molecular complexity index is 1030. The summed E-state index contributed by atoms with van der Waals surface area (Å²) in [4.78, 5) is 39.1. The summed E-state index contributed by atoms with van der Waals surface area (Å²) in [5, 5.41) is 2.63. The molecule has 2 saturated heterocycles. The molecular weight excluding hydrogens is 406 g/mol. The molecule has 1 aromatic rings. The van der Waals surface area contributed by atoms with E-state index in [-0.39, 0.29) is 46.9 Å². The van der Waals surface area contributed by atoms with Crippen molar-refractivity contribution in [3.63, 3.8) is 0 Å². The zero-order valence-corrected chi connectivity index (χ0v) is 17.2. The molecule has 3 fully saturated rings. The van der Waals surface area contributed by atoms with Crippen molar-refractivity contribution in [2.75, 3.05) is 25.0 Å². The van der Waals surface area contributed by atoms with Crippen LogP contribution < -0.4 is 5.32 Å². The molecule has 5 rings (SSSR count). The van der Waals surface area contributed by atoms with E-state index in [1.54, 1.807) is 12.1 Å². The molecule has 0 aromatic heterocycles. The zero-order valence-electron chi connectivity index (χ0n) is 16.4. The highest BCUT2D eigenvalue weighted by molar-refractivity contribution is 7.89. The van der Waals surface area contributed by atoms with Crippen molar-refractivity contribution >= 4 is 33.4 Å². The number of hydrogen-bond acceptors (Lipinski definition) is 5. The summed E-state index contributed by atoms with van der Waals surface area (Å²) >= 11 is 0. The van der Waals surface area contributed by atoms with Gasteiger partial charge in [0.05, 0.1) is 16.7 Å². The topological polar surface area (TPSA) is 104 Å². The lowest BCUT2D eigenvalue weighted by Gasteiger charge is -2.18. The second-order valence-electron chi connectivity index (χ2n) is 8.45. The van der Waals surface area contributed by atoms with Gasteiger partial charge in [0.15, 0.2) is 0 Å². The molecule has 1 N–H and O–H groups in total. The van der Waals surface area contributed by atoms with Crippen molar-refractivity contribution in [2.24, 2.45) is 23.7 Å². The molecule has 30 heavy (non-hydrogen) atoms. The summed E-state index contributed by atoms with van der Waals surface area (Å²) in [5.41, 5.74) is 0.321. The Hall–Kier alpha value is -2.52. The number of carbonyl (C=O) groups excluding carboxylic acids is 3. The zero-order chi connectivity index (χ0) is 21.0. The molecule has 0 unspecified atom stereocenters. The van der Waals surface area contributed by atoms with Crippen LogP contribution in [0.2, 0.25) is 0 Å². The van der Waals surface area contributed by atoms with Gasteiger partial charge in [0.25, 0.3) is 0 Å². The van der Waals surface area contributed by atoms with Crippen LogP contribution >= 0.6 is 0 Å². The lowest BCUT2D eigenvalue weighted by atomic mass is 9.85. The average Bonchev–Trinajstić information content (AvgIpc) is 3.50. The van der Waals surface area contributed by atoms with Crippen LogP contribution in [0.3, 0.4) is 0 Å². The number of fused-ring (bicyclic) bond motifs is 5. The molecule has 4 atom stereocenters. The highest BCUT2D eigenvalue weighted by Crippen LogP contribution is 2.52. The molecule has 8 nitrogen and oxygen atoms in total. The Labute approximate surface area is 175 Å². The quantitative estimate of drug-likeness (QED) is 0.560. The third kappa shape index (κ3) is 2.99. The fourth-order valence-corrected chi connectivity index (χ4v) is 6.84. The van der Waals surface area contributed by atoms with Gasteiger partial charge in [0.1, 0.15) is 6.54 Å². The molecule has 2 bridgehead atoms. The number of sulfonamides is 1. The highest BCUT2D eigenvalue weighted by Gasteiger charge is 2.59. The van der Waals surface area contributed by atoms with Gasteiger partial charge in [-0.25, -0.2) is 8.42 Å². The van der Waals surface area contributed by atoms with E-state index in [1.807, 2.05) is 12.2 Å². The van der Waals surface area contributed by atoms with E-state index in [0.29, 0.717) is 18.8 Å². The summed E-state index contributed by atoms with van der Waals surface area (Å²) in [6.45, 7) is 0.641. The Morgan fingerprint density at radius 3 is 2.30 bits per heavy atom. The van der Waals surface area contributed by atoms with Crippen LogP contribution in [0.15, 0.2) is 41.3 Å². The van der Waals surface area contributed by atoms with Crippen LogP contribution in [0.25, 0.3) is 0 Å². The molecule has 2 aliphatic heterocycles. The fourth-order valence-electron chi connectivity index (χ4n) is 5.28. The number of carbonyl (C=O) groups is 3. The predicted molar refractivity (Wildman–Crippen MR) is 108 cm³/mol. The predicted octanol–water partition coefficient (Wildman–Crippen LogP) is 1.22. The highest BCUT2D eigenvalue weighted by atomic mass is 32.2. The molecule has 4 aliphatic rings. The molecule has 0 spiro atoms. The van der Waals surface area contributed by atoms with Crippen LogP contribution in [0.1, 0.15) is 19.3 Å². The number of rotatable bonds is 5. The SMILES string of the molecule is O=C(CN1C(=O)[C@@H]2[C@@H](C1=O)[C@H]1C=C[C@H]2C1)Nc1cccc(S(=O)(=O)N2CCCC2)c1. The second kappa shape index (κ2) is 7.02. The van der Waals surface area contributed by atoms with Crippen molar-refractivity contribution < 1.29 is 22.8 Å². The van der Waals surface area contributed by atoms with Crippen LogP contribution in [-0.4, -0.2) is 55.0 Å². The fraction of sp³-hybridized carbons (Fsp3) is 0.476. The second-order valence-corrected chi connectivity index (χ2v) is 10.4. The maximum Gasteiger partial charge on any atom is 0.244 e. The summed E-state index contributed by atoms with van der Waals surface area (Å²) in [5.74, 6) is -1.56. The lowest BCUT2D eigenvalue weighted by molar-refractivity contribution is -0.143. The number of nitrogens with one attached hydrogen (secondary N) is 1. The molecule has 158 valence electrons. The van der Waals surface area contributed by atoms with E-state index in [2.05, 4.69) is 5.32 Å². The summed E-state index contributed by atoms with van der Waals surface area (Å²) in [6.07, 6.45) is 6.53. The van der Waals surface area contributed by atoms with Gasteiger partial charge in [-0.15, -0.1) is 0 Å². The molecule has 2 heterocycles. The maximum absolute atomic E-state index is 12.7. The number of anilines is 1. The minimum absolute atomic E-state index is 0.0944. The van der Waals surface area contributed by atoms with Gasteiger partial charge in [0, 0.05) is 18.8 Å². The van der Waals surface area contributed by atoms with E-state index in [0.717, 1.165) is 24.2 Å². The first-order chi connectivity index (χ1) is 14.4. The van der Waals surface area contributed by atoms with Crippen molar-refractivity contribution in [3.8, 4) is 0 Å². The number of benzene rings is 1. The number of hydrogen-bond donors (Lipinski definition) is 1. The van der Waals surface area contributed by atoms with Gasteiger partial charge in [-0.2, -0.15) is 4.31 Å². The number of allylic oxidation sites excluding steroid dienone is 2. The van der Waals surface area contributed by atoms with E-state index in [4.69, 9.17) is 0 Å². The van der Waals surface area contributed by atoms with Crippen LogP contribution in [0.5, 0.6) is 0 Å². The van der Waals surface area contributed by atoms with Crippen LogP contribution in [0.4, 0.5) is 5.69 Å². The number of likely N-dealkylation sites (tertiary alicyclic amines) is 1. The van der Waals surface area contributed by atoms with Crippen molar-refractivity contribution in [1.29, 1.82) is 0 Å². The first-order valence-electron chi connectivity index (χ1n) is 10.3. The third-order valence-corrected chi connectivity index (χ3v) is 8.58. The number of imide groups is 1. The normalized spacial score (nSPS) is 30.3. The van der Waals surface area contributed by atoms with E-state index in [1.165, 1.54) is 16.4 Å². The first-order valence-corrected chi connectivity index (χ1v) is 11.7. The maximum atomic E-state index is 12.7. The minimum atomic E-state index is -3.60. The van der Waals surface area contributed by atoms with Crippen molar-refractivity contribution in [2.45, 2.75) is 24.2 Å². The Kier molecular flexibility index (Phi) is 4.55. The standard InChI is InChI=1S/C21H23N3O5S/c25-17(12-24-20(26)18-13-6-7-14(10-13)19(18)21(24)27)22-15-4-3-5-16(11-15)30(28,29)23-8-1-2-9-23/h3-7,11,13-14,18-19H,1-2,8-10,12H2,(H,22,25)/t13-,14-,18-,19-/m0/s1. The van der Waals surface area contributed by atoms with Gasteiger partial charge in [-0.3, -0.25) is 19.3 Å². The van der Waals surface area contributed by atoms with E-state index in [9.17, 15) is 22.8 Å². The summed E-state index contributed by atoms with van der Waals surface area (Å²) in [6, 6.07) is 6.07. The average molecular weight is 429 g/mol. The molecule has 2 aliphatic carbocycles. The Morgan fingerprint density at radius 1 is 1.03 bits per heavy atom. The van der Waals surface area contributed by atoms with Gasteiger partial charge >= 0.3 is 0 Å². The van der Waals surface area contributed by atoms with Gasteiger partial charge < -0.3 is 5.32 Å². The van der Waals surface area contributed by atoms with Crippen molar-refractivity contribution in [3.05, 3.63) is 36.4 Å². The molecule has 3 amide bonds. The number of nitrogens with zero attached hydrogens (tertiary/aromatic N) is 2. The molecule has 9 heteroatoms. The lowest BCUT2D eigenvalue weighted by Crippen LogP contribution is -2.39. The largest absolute Gasteiger partial charge is 0.324 e. The molecule has 0 radical (unpaired) electrons. The van der Waals surface area contributed by atoms with Crippen LogP contribution in [-0.2, 0) is 24.4 Å². The molecule has 1 aromatic carbocycles. The summed E-state index contributed by atoms with van der Waals surface area (Å²) < 4.78 is 26.9. The smallest absolute Gasteiger partial charge is 0.244 e. The summed E-state index contributed by atoms with van der Waals surface area (Å²) in [7, 11) is -3.60.